The molecule has 0 spiro atoms. The summed E-state index contributed by atoms with van der Waals surface area (Å²) < 4.78 is 1.86. The van der Waals surface area contributed by atoms with Gasteiger partial charge in [-0.3, -0.25) is 14.3 Å². The number of aromatic amines is 1. The molecule has 164 valence electrons. The van der Waals surface area contributed by atoms with Crippen LogP contribution in [-0.4, -0.2) is 19.5 Å². The molecule has 0 amide bonds. The van der Waals surface area contributed by atoms with E-state index in [2.05, 4.69) is 87.7 Å². The fourth-order valence-corrected chi connectivity index (χ4v) is 5.84. The lowest BCUT2D eigenvalue weighted by atomic mass is 9.86. The maximum Gasteiger partial charge on any atom is 0.278 e. The molecule has 6 nitrogen and oxygen atoms in total. The Morgan fingerprint density at radius 3 is 2.20 bits per heavy atom. The minimum absolute atomic E-state index is 0.0551. The van der Waals surface area contributed by atoms with E-state index in [4.69, 9.17) is 5.73 Å². The Bertz CT molecular complexity index is 2210. The molecule has 8 rings (SSSR count). The predicted octanol–water partition coefficient (Wildman–Crippen LogP) is 5.89. The molecule has 0 aliphatic rings. The highest BCUT2D eigenvalue weighted by molar-refractivity contribution is 6.40. The Labute approximate surface area is 197 Å². The third-order valence-electron chi connectivity index (χ3n) is 7.16. The molecule has 3 N–H and O–H groups in total. The molecule has 2 heterocycles. The van der Waals surface area contributed by atoms with Gasteiger partial charge >= 0.3 is 0 Å². The second kappa shape index (κ2) is 6.33. The van der Waals surface area contributed by atoms with Gasteiger partial charge in [-0.25, -0.2) is 4.98 Å². The second-order valence-electron chi connectivity index (χ2n) is 8.94. The van der Waals surface area contributed by atoms with Gasteiger partial charge in [0.2, 0.25) is 5.95 Å². The number of benzene rings is 6. The molecular weight excluding hydrogens is 434 g/mol. The van der Waals surface area contributed by atoms with Crippen molar-refractivity contribution in [3.05, 3.63) is 95.5 Å². The predicted molar refractivity (Wildman–Crippen MR) is 143 cm³/mol. The monoisotopic (exact) mass is 451 g/mol. The smallest absolute Gasteiger partial charge is 0.278 e. The van der Waals surface area contributed by atoms with Crippen molar-refractivity contribution in [1.82, 2.24) is 19.5 Å². The van der Waals surface area contributed by atoms with Gasteiger partial charge < -0.3 is 5.73 Å². The van der Waals surface area contributed by atoms with E-state index in [1.165, 1.54) is 37.7 Å². The van der Waals surface area contributed by atoms with Crippen LogP contribution in [0.4, 0.5) is 5.95 Å². The molecule has 8 aromatic rings. The highest BCUT2D eigenvalue weighted by Crippen LogP contribution is 2.46. The molecule has 0 fully saturated rings. The molecule has 0 saturated heterocycles. The SMILES string of the molecule is Nc1nc2ncn(-c3c4ccccc4c4c5ccccc5c5cccc6ccc3c4c65)c2c(=O)[nH]1. The molecular formula is C29H17N5O. The van der Waals surface area contributed by atoms with Gasteiger partial charge in [-0.15, -0.1) is 0 Å². The summed E-state index contributed by atoms with van der Waals surface area (Å²) in [7, 11) is 0. The lowest BCUT2D eigenvalue weighted by Gasteiger charge is -2.20. The van der Waals surface area contributed by atoms with Gasteiger partial charge in [0, 0.05) is 16.2 Å². The number of H-pyrrole nitrogens is 1. The van der Waals surface area contributed by atoms with Crippen molar-refractivity contribution in [2.45, 2.75) is 0 Å². The van der Waals surface area contributed by atoms with Crippen molar-refractivity contribution in [1.29, 1.82) is 0 Å². The first-order valence-electron chi connectivity index (χ1n) is 11.4. The molecule has 0 saturated carbocycles. The third kappa shape index (κ3) is 2.25. The Kier molecular flexibility index (Phi) is 3.34. The van der Waals surface area contributed by atoms with Crippen LogP contribution in [0.1, 0.15) is 0 Å². The molecule has 6 heteroatoms. The molecule has 0 bridgehead atoms. The van der Waals surface area contributed by atoms with Crippen LogP contribution in [0.2, 0.25) is 0 Å². The summed E-state index contributed by atoms with van der Waals surface area (Å²) in [5, 5.41) is 11.7. The van der Waals surface area contributed by atoms with E-state index in [1.807, 2.05) is 10.6 Å². The number of nitrogens with two attached hydrogens (primary N) is 1. The van der Waals surface area contributed by atoms with Gasteiger partial charge in [0.15, 0.2) is 11.2 Å². The summed E-state index contributed by atoms with van der Waals surface area (Å²) in [4.78, 5) is 24.3. The summed E-state index contributed by atoms with van der Waals surface area (Å²) in [5.41, 5.74) is 7.09. The molecule has 0 aliphatic heterocycles. The van der Waals surface area contributed by atoms with Crippen molar-refractivity contribution in [3.8, 4) is 5.69 Å². The quantitative estimate of drug-likeness (QED) is 0.240. The number of rotatable bonds is 1. The van der Waals surface area contributed by atoms with Gasteiger partial charge in [-0.2, -0.15) is 4.98 Å². The van der Waals surface area contributed by atoms with Crippen molar-refractivity contribution in [2.75, 3.05) is 5.73 Å². The van der Waals surface area contributed by atoms with Crippen LogP contribution in [0.3, 0.4) is 0 Å². The van der Waals surface area contributed by atoms with E-state index in [0.717, 1.165) is 21.8 Å². The molecule has 0 atom stereocenters. The fourth-order valence-electron chi connectivity index (χ4n) is 5.84. The molecule has 0 aliphatic carbocycles. The van der Waals surface area contributed by atoms with E-state index in [1.54, 1.807) is 6.33 Å². The van der Waals surface area contributed by atoms with E-state index in [-0.39, 0.29) is 11.5 Å². The Balaban J connectivity index is 1.73. The van der Waals surface area contributed by atoms with E-state index < -0.39 is 0 Å². The van der Waals surface area contributed by atoms with Crippen LogP contribution in [0.5, 0.6) is 0 Å². The minimum Gasteiger partial charge on any atom is -0.369 e. The number of hydrogen-bond donors (Lipinski definition) is 2. The number of nitrogens with one attached hydrogen (secondary N) is 1. The van der Waals surface area contributed by atoms with Gasteiger partial charge in [-0.1, -0.05) is 78.9 Å². The number of anilines is 1. The van der Waals surface area contributed by atoms with E-state index in [9.17, 15) is 4.79 Å². The van der Waals surface area contributed by atoms with Crippen LogP contribution < -0.4 is 11.3 Å². The zero-order valence-electron chi connectivity index (χ0n) is 18.4. The van der Waals surface area contributed by atoms with Gasteiger partial charge in [0.1, 0.15) is 6.33 Å². The minimum atomic E-state index is -0.315. The lowest BCUT2D eigenvalue weighted by molar-refractivity contribution is 1.10. The van der Waals surface area contributed by atoms with Crippen LogP contribution in [0.15, 0.2) is 90.0 Å². The highest BCUT2D eigenvalue weighted by atomic mass is 16.1. The Hall–Kier alpha value is -4.97. The Morgan fingerprint density at radius 1 is 0.686 bits per heavy atom. The van der Waals surface area contributed by atoms with Crippen molar-refractivity contribution in [2.24, 2.45) is 0 Å². The third-order valence-corrected chi connectivity index (χ3v) is 7.16. The molecule has 6 aromatic carbocycles. The van der Waals surface area contributed by atoms with Crippen molar-refractivity contribution in [3.63, 3.8) is 0 Å². The topological polar surface area (TPSA) is 89.6 Å². The van der Waals surface area contributed by atoms with Crippen LogP contribution in [-0.2, 0) is 0 Å². The van der Waals surface area contributed by atoms with E-state index in [0.29, 0.717) is 11.2 Å². The molecule has 2 aromatic heterocycles. The number of fused-ring (bicyclic) bond motifs is 6. The van der Waals surface area contributed by atoms with E-state index >= 15 is 0 Å². The second-order valence-corrected chi connectivity index (χ2v) is 8.94. The van der Waals surface area contributed by atoms with Crippen LogP contribution >= 0.6 is 0 Å². The fraction of sp³-hybridized carbons (Fsp3) is 0. The Morgan fingerprint density at radius 2 is 1.37 bits per heavy atom. The highest BCUT2D eigenvalue weighted by Gasteiger charge is 2.21. The maximum absolute atomic E-state index is 13.0. The zero-order chi connectivity index (χ0) is 23.3. The largest absolute Gasteiger partial charge is 0.369 e. The van der Waals surface area contributed by atoms with Crippen LogP contribution in [0.25, 0.3) is 70.7 Å². The van der Waals surface area contributed by atoms with Gasteiger partial charge in [0.05, 0.1) is 5.69 Å². The summed E-state index contributed by atoms with van der Waals surface area (Å²) in [6.45, 7) is 0. The summed E-state index contributed by atoms with van der Waals surface area (Å²) in [6.07, 6.45) is 1.67. The van der Waals surface area contributed by atoms with Crippen molar-refractivity contribution < 1.29 is 0 Å². The van der Waals surface area contributed by atoms with Gasteiger partial charge in [-0.05, 0) is 37.7 Å². The first-order valence-corrected chi connectivity index (χ1v) is 11.4. The standard InChI is InChI=1S/C29H17N5O/c30-29-32-27-26(28(35)33-29)34(14-31-27)25-20-10-4-3-9-19(20)23-18-8-2-1-7-16(18)17-11-5-6-15-12-13-21(25)24(23)22(15)17/h1-14H,(H3,30,32,33,35). The summed E-state index contributed by atoms with van der Waals surface area (Å²) >= 11 is 0. The summed E-state index contributed by atoms with van der Waals surface area (Å²) in [6, 6.07) is 27.8. The number of imidazole rings is 1. The summed E-state index contributed by atoms with van der Waals surface area (Å²) in [5.74, 6) is 0.0551. The molecule has 0 radical (unpaired) electrons. The normalized spacial score (nSPS) is 12.2. The first-order chi connectivity index (χ1) is 17.2. The molecule has 35 heavy (non-hydrogen) atoms. The first kappa shape index (κ1) is 18.5. The number of hydrogen-bond acceptors (Lipinski definition) is 4. The number of aromatic nitrogens is 4. The van der Waals surface area contributed by atoms with Crippen molar-refractivity contribution >= 4 is 71.0 Å². The zero-order valence-corrected chi connectivity index (χ0v) is 18.4. The average Bonchev–Trinajstić information content (AvgIpc) is 3.30. The molecule has 0 unspecified atom stereocenters. The lowest BCUT2D eigenvalue weighted by Crippen LogP contribution is -2.14. The number of nitrogen functional groups attached to an aromatic ring is 1. The van der Waals surface area contributed by atoms with Gasteiger partial charge in [0.25, 0.3) is 5.56 Å². The maximum atomic E-state index is 13.0. The average molecular weight is 451 g/mol. The van der Waals surface area contributed by atoms with Crippen LogP contribution in [0, 0.1) is 0 Å². The number of nitrogens with zero attached hydrogens (tertiary/aromatic N) is 3.